The normalized spacial score (nSPS) is 14.3. The molecule has 0 unspecified atom stereocenters. The second kappa shape index (κ2) is 10.8. The van der Waals surface area contributed by atoms with E-state index >= 15 is 0 Å². The van der Waals surface area contributed by atoms with Crippen LogP contribution in [0.2, 0.25) is 0 Å². The number of aromatic nitrogens is 1. The van der Waals surface area contributed by atoms with Crippen LogP contribution in [0.3, 0.4) is 0 Å². The van der Waals surface area contributed by atoms with Crippen molar-refractivity contribution in [1.29, 1.82) is 0 Å². The molecule has 1 heterocycles. The van der Waals surface area contributed by atoms with E-state index in [1.807, 2.05) is 36.1 Å². The van der Waals surface area contributed by atoms with Crippen molar-refractivity contribution in [3.8, 4) is 5.75 Å². The zero-order valence-electron chi connectivity index (χ0n) is 17.9. The highest BCUT2D eigenvalue weighted by Crippen LogP contribution is 2.26. The SMILES string of the molecule is CCNC(=O)c1cc(CN(CCc2ccc(OC)cc2)C(=O)C2CCCCC2)on1. The van der Waals surface area contributed by atoms with E-state index in [0.29, 0.717) is 25.4 Å². The number of methoxy groups -OCH3 is 1. The number of hydrogen-bond donors (Lipinski definition) is 1. The second-order valence-electron chi connectivity index (χ2n) is 7.73. The molecule has 0 bridgehead atoms. The predicted molar refractivity (Wildman–Crippen MR) is 113 cm³/mol. The molecule has 30 heavy (non-hydrogen) atoms. The van der Waals surface area contributed by atoms with E-state index in [2.05, 4.69) is 10.5 Å². The average molecular weight is 414 g/mol. The molecule has 7 heteroatoms. The maximum atomic E-state index is 13.2. The van der Waals surface area contributed by atoms with Gasteiger partial charge >= 0.3 is 0 Å². The van der Waals surface area contributed by atoms with Crippen molar-refractivity contribution in [2.75, 3.05) is 20.2 Å². The van der Waals surface area contributed by atoms with E-state index < -0.39 is 0 Å². The zero-order valence-corrected chi connectivity index (χ0v) is 17.9. The van der Waals surface area contributed by atoms with Gasteiger partial charge in [-0.15, -0.1) is 0 Å². The largest absolute Gasteiger partial charge is 0.497 e. The van der Waals surface area contributed by atoms with Gasteiger partial charge in [-0.05, 0) is 43.9 Å². The molecule has 0 atom stereocenters. The molecule has 0 spiro atoms. The molecular weight excluding hydrogens is 382 g/mol. The highest BCUT2D eigenvalue weighted by atomic mass is 16.5. The summed E-state index contributed by atoms with van der Waals surface area (Å²) in [4.78, 5) is 27.0. The number of benzene rings is 1. The quantitative estimate of drug-likeness (QED) is 0.679. The summed E-state index contributed by atoms with van der Waals surface area (Å²) in [5, 5.41) is 6.56. The third-order valence-electron chi connectivity index (χ3n) is 5.57. The van der Waals surface area contributed by atoms with E-state index in [1.54, 1.807) is 13.2 Å². The Balaban J connectivity index is 1.69. The summed E-state index contributed by atoms with van der Waals surface area (Å²) >= 11 is 0. The first kappa shape index (κ1) is 21.9. The molecule has 2 aromatic rings. The fourth-order valence-electron chi connectivity index (χ4n) is 3.86. The minimum absolute atomic E-state index is 0.0698. The number of carbonyl (C=O) groups excluding carboxylic acids is 2. The van der Waals surface area contributed by atoms with Crippen LogP contribution in [-0.2, 0) is 17.8 Å². The smallest absolute Gasteiger partial charge is 0.273 e. The molecule has 1 aromatic heterocycles. The average Bonchev–Trinajstić information content (AvgIpc) is 3.26. The highest BCUT2D eigenvalue weighted by molar-refractivity contribution is 5.92. The van der Waals surface area contributed by atoms with E-state index in [0.717, 1.165) is 43.4 Å². The van der Waals surface area contributed by atoms with Gasteiger partial charge < -0.3 is 19.5 Å². The molecule has 1 aliphatic rings. The van der Waals surface area contributed by atoms with Gasteiger partial charge in [0.2, 0.25) is 5.91 Å². The first-order valence-electron chi connectivity index (χ1n) is 10.8. The summed E-state index contributed by atoms with van der Waals surface area (Å²) in [6.07, 6.45) is 6.03. The molecule has 0 radical (unpaired) electrons. The fraction of sp³-hybridized carbons (Fsp3) is 0.522. The molecule has 1 N–H and O–H groups in total. The highest BCUT2D eigenvalue weighted by Gasteiger charge is 2.27. The molecule has 7 nitrogen and oxygen atoms in total. The van der Waals surface area contributed by atoms with Crippen LogP contribution in [-0.4, -0.2) is 42.1 Å². The molecule has 0 aliphatic heterocycles. The lowest BCUT2D eigenvalue weighted by Gasteiger charge is -2.28. The lowest BCUT2D eigenvalue weighted by atomic mass is 9.88. The van der Waals surface area contributed by atoms with Crippen LogP contribution in [0.4, 0.5) is 0 Å². The molecular formula is C23H31N3O4. The van der Waals surface area contributed by atoms with E-state index in [9.17, 15) is 9.59 Å². The van der Waals surface area contributed by atoms with E-state index in [1.165, 1.54) is 6.42 Å². The third-order valence-corrected chi connectivity index (χ3v) is 5.57. The van der Waals surface area contributed by atoms with Gasteiger partial charge in [-0.25, -0.2) is 0 Å². The molecule has 0 saturated heterocycles. The predicted octanol–water partition coefficient (Wildman–Crippen LogP) is 3.58. The van der Waals surface area contributed by atoms with Crippen molar-refractivity contribution in [1.82, 2.24) is 15.4 Å². The number of amides is 2. The fourth-order valence-corrected chi connectivity index (χ4v) is 3.86. The van der Waals surface area contributed by atoms with Crippen molar-refractivity contribution < 1.29 is 18.8 Å². The summed E-state index contributed by atoms with van der Waals surface area (Å²) < 4.78 is 10.6. The van der Waals surface area contributed by atoms with Crippen LogP contribution < -0.4 is 10.1 Å². The molecule has 1 aliphatic carbocycles. The van der Waals surface area contributed by atoms with Gasteiger partial charge in [0.05, 0.1) is 13.7 Å². The number of carbonyl (C=O) groups is 2. The molecule has 1 saturated carbocycles. The van der Waals surface area contributed by atoms with Crippen molar-refractivity contribution in [3.63, 3.8) is 0 Å². The Kier molecular flexibility index (Phi) is 7.88. The number of ether oxygens (including phenoxy) is 1. The summed E-state index contributed by atoms with van der Waals surface area (Å²) in [5.74, 6) is 1.30. The second-order valence-corrected chi connectivity index (χ2v) is 7.73. The standard InChI is InChI=1S/C23H31N3O4/c1-3-24-22(27)21-15-20(30-25-21)16-26(23(28)18-7-5-4-6-8-18)14-13-17-9-11-19(29-2)12-10-17/h9-12,15,18H,3-8,13-14,16H2,1-2H3,(H,24,27). The summed E-state index contributed by atoms with van der Waals surface area (Å²) in [5.41, 5.74) is 1.38. The lowest BCUT2D eigenvalue weighted by Crippen LogP contribution is -2.37. The Morgan fingerprint density at radius 1 is 1.20 bits per heavy atom. The van der Waals surface area contributed by atoms with Gasteiger partial charge in [0.1, 0.15) is 5.75 Å². The van der Waals surface area contributed by atoms with Gasteiger partial charge in [0.15, 0.2) is 11.5 Å². The first-order valence-corrected chi connectivity index (χ1v) is 10.8. The summed E-state index contributed by atoms with van der Waals surface area (Å²) in [6.45, 7) is 3.27. The number of rotatable bonds is 9. The van der Waals surface area contributed by atoms with Crippen LogP contribution >= 0.6 is 0 Å². The van der Waals surface area contributed by atoms with Crippen molar-refractivity contribution in [2.24, 2.45) is 5.92 Å². The van der Waals surface area contributed by atoms with Crippen molar-refractivity contribution in [2.45, 2.75) is 52.0 Å². The minimum Gasteiger partial charge on any atom is -0.497 e. The maximum absolute atomic E-state index is 13.2. The van der Waals surface area contributed by atoms with Gasteiger partial charge in [0.25, 0.3) is 5.91 Å². The lowest BCUT2D eigenvalue weighted by molar-refractivity contribution is -0.137. The first-order chi connectivity index (χ1) is 14.6. The third kappa shape index (κ3) is 5.84. The topological polar surface area (TPSA) is 84.7 Å². The Morgan fingerprint density at radius 2 is 1.93 bits per heavy atom. The monoisotopic (exact) mass is 413 g/mol. The van der Waals surface area contributed by atoms with Crippen LogP contribution in [0, 0.1) is 5.92 Å². The Hall–Kier alpha value is -2.83. The van der Waals surface area contributed by atoms with Crippen molar-refractivity contribution >= 4 is 11.8 Å². The van der Waals surface area contributed by atoms with Crippen LogP contribution in [0.25, 0.3) is 0 Å². The van der Waals surface area contributed by atoms with E-state index in [4.69, 9.17) is 9.26 Å². The number of hydrogen-bond acceptors (Lipinski definition) is 5. The Labute approximate surface area is 177 Å². The number of nitrogens with one attached hydrogen (secondary N) is 1. The maximum Gasteiger partial charge on any atom is 0.273 e. The van der Waals surface area contributed by atoms with Crippen LogP contribution in [0.1, 0.15) is 60.8 Å². The van der Waals surface area contributed by atoms with Crippen LogP contribution in [0.15, 0.2) is 34.9 Å². The molecule has 1 aromatic carbocycles. The van der Waals surface area contributed by atoms with Gasteiger partial charge in [-0.3, -0.25) is 9.59 Å². The van der Waals surface area contributed by atoms with Crippen molar-refractivity contribution in [3.05, 3.63) is 47.3 Å². The molecule has 162 valence electrons. The van der Waals surface area contributed by atoms with Gasteiger partial charge in [-0.1, -0.05) is 36.6 Å². The van der Waals surface area contributed by atoms with Gasteiger partial charge in [-0.2, -0.15) is 0 Å². The Morgan fingerprint density at radius 3 is 2.60 bits per heavy atom. The molecule has 1 fully saturated rings. The van der Waals surface area contributed by atoms with Gasteiger partial charge in [0, 0.05) is 25.1 Å². The zero-order chi connectivity index (χ0) is 21.3. The Bertz CT molecular complexity index is 825. The van der Waals surface area contributed by atoms with Crippen LogP contribution in [0.5, 0.6) is 5.75 Å². The minimum atomic E-state index is -0.268. The molecule has 2 amide bonds. The summed E-state index contributed by atoms with van der Waals surface area (Å²) in [6, 6.07) is 9.52. The summed E-state index contributed by atoms with van der Waals surface area (Å²) in [7, 11) is 1.64. The molecule has 3 rings (SSSR count). The number of nitrogens with zero attached hydrogens (tertiary/aromatic N) is 2. The van der Waals surface area contributed by atoms with E-state index in [-0.39, 0.29) is 23.4 Å².